The van der Waals surface area contributed by atoms with Crippen molar-refractivity contribution in [3.05, 3.63) is 53.4 Å². The van der Waals surface area contributed by atoms with E-state index in [0.29, 0.717) is 37.5 Å². The molecule has 128 valence electrons. The molecule has 1 saturated heterocycles. The molecule has 1 aromatic heterocycles. The second-order valence-corrected chi connectivity index (χ2v) is 6.11. The Kier molecular flexibility index (Phi) is 4.78. The van der Waals surface area contributed by atoms with Gasteiger partial charge >= 0.3 is 6.03 Å². The SMILES string of the molecule is Cn1cc([C@H]2CCN(C(=O)NCCc3ccc(F)c(F)c3)C2)cn1. The van der Waals surface area contributed by atoms with E-state index < -0.39 is 11.6 Å². The molecule has 0 spiro atoms. The number of nitrogens with one attached hydrogen (secondary N) is 1. The van der Waals surface area contributed by atoms with Crippen LogP contribution in [-0.2, 0) is 13.5 Å². The highest BCUT2D eigenvalue weighted by atomic mass is 19.2. The van der Waals surface area contributed by atoms with Crippen LogP contribution in [0.1, 0.15) is 23.5 Å². The van der Waals surface area contributed by atoms with Crippen LogP contribution in [0.15, 0.2) is 30.6 Å². The predicted octanol–water partition coefficient (Wildman–Crippen LogP) is 2.44. The summed E-state index contributed by atoms with van der Waals surface area (Å²) in [4.78, 5) is 14.0. The second kappa shape index (κ2) is 6.98. The number of aromatic nitrogens is 2. The maximum Gasteiger partial charge on any atom is 0.317 e. The van der Waals surface area contributed by atoms with Crippen LogP contribution in [-0.4, -0.2) is 40.3 Å². The van der Waals surface area contributed by atoms with E-state index in [-0.39, 0.29) is 6.03 Å². The van der Waals surface area contributed by atoms with E-state index in [9.17, 15) is 13.6 Å². The lowest BCUT2D eigenvalue weighted by Crippen LogP contribution is -2.39. The standard InChI is InChI=1S/C17H20F2N4O/c1-22-10-14(9-21-22)13-5-7-23(11-13)17(24)20-6-4-12-2-3-15(18)16(19)8-12/h2-3,8-10,13H,4-7,11H2,1H3,(H,20,24)/t13-/m0/s1. The Hall–Kier alpha value is -2.44. The molecule has 5 nitrogen and oxygen atoms in total. The maximum absolute atomic E-state index is 13.1. The smallest absolute Gasteiger partial charge is 0.317 e. The zero-order valence-electron chi connectivity index (χ0n) is 13.5. The number of carbonyl (C=O) groups excluding carboxylic acids is 1. The number of aryl methyl sites for hydroxylation is 1. The van der Waals surface area contributed by atoms with Crippen molar-refractivity contribution in [3.8, 4) is 0 Å². The normalized spacial score (nSPS) is 17.3. The third-order valence-electron chi connectivity index (χ3n) is 4.35. The van der Waals surface area contributed by atoms with E-state index in [1.165, 1.54) is 6.07 Å². The van der Waals surface area contributed by atoms with Gasteiger partial charge in [0.25, 0.3) is 0 Å². The van der Waals surface area contributed by atoms with Crippen LogP contribution in [0.2, 0.25) is 0 Å². The lowest BCUT2D eigenvalue weighted by Gasteiger charge is -2.17. The Labute approximate surface area is 139 Å². The van der Waals surface area contributed by atoms with Gasteiger partial charge in [0.1, 0.15) is 0 Å². The van der Waals surface area contributed by atoms with Crippen molar-refractivity contribution in [2.45, 2.75) is 18.8 Å². The van der Waals surface area contributed by atoms with Crippen molar-refractivity contribution in [3.63, 3.8) is 0 Å². The zero-order chi connectivity index (χ0) is 17.1. The summed E-state index contributed by atoms with van der Waals surface area (Å²) in [7, 11) is 1.88. The number of likely N-dealkylation sites (tertiary alicyclic amines) is 1. The summed E-state index contributed by atoms with van der Waals surface area (Å²) in [6.45, 7) is 1.76. The van der Waals surface area contributed by atoms with E-state index in [1.54, 1.807) is 9.58 Å². The Morgan fingerprint density at radius 1 is 1.38 bits per heavy atom. The van der Waals surface area contributed by atoms with Gasteiger partial charge in [0.2, 0.25) is 0 Å². The van der Waals surface area contributed by atoms with Crippen LogP contribution in [0.25, 0.3) is 0 Å². The number of amides is 2. The number of hydrogen-bond acceptors (Lipinski definition) is 2. The van der Waals surface area contributed by atoms with Gasteiger partial charge in [0.05, 0.1) is 6.20 Å². The van der Waals surface area contributed by atoms with Crippen LogP contribution in [0, 0.1) is 11.6 Å². The highest BCUT2D eigenvalue weighted by molar-refractivity contribution is 5.74. The molecule has 0 radical (unpaired) electrons. The lowest BCUT2D eigenvalue weighted by molar-refractivity contribution is 0.208. The molecule has 0 aliphatic carbocycles. The van der Waals surface area contributed by atoms with Gasteiger partial charge in [-0.15, -0.1) is 0 Å². The van der Waals surface area contributed by atoms with E-state index >= 15 is 0 Å². The molecule has 7 heteroatoms. The van der Waals surface area contributed by atoms with Gasteiger partial charge in [-0.1, -0.05) is 6.07 Å². The molecule has 1 aromatic carbocycles. The Balaban J connectivity index is 1.46. The molecule has 1 fully saturated rings. The number of halogens is 2. The molecule has 0 unspecified atom stereocenters. The first-order valence-electron chi connectivity index (χ1n) is 7.98. The number of carbonyl (C=O) groups is 1. The maximum atomic E-state index is 13.1. The molecular weight excluding hydrogens is 314 g/mol. The molecule has 1 aliphatic rings. The van der Waals surface area contributed by atoms with Crippen molar-refractivity contribution in [2.24, 2.45) is 7.05 Å². The average molecular weight is 334 g/mol. The van der Waals surface area contributed by atoms with Crippen LogP contribution < -0.4 is 5.32 Å². The van der Waals surface area contributed by atoms with Crippen LogP contribution >= 0.6 is 0 Å². The third kappa shape index (κ3) is 3.72. The Morgan fingerprint density at radius 3 is 2.92 bits per heavy atom. The monoisotopic (exact) mass is 334 g/mol. The average Bonchev–Trinajstić information content (AvgIpc) is 3.19. The molecule has 1 aliphatic heterocycles. The summed E-state index contributed by atoms with van der Waals surface area (Å²) in [6, 6.07) is 3.67. The molecule has 1 atom stereocenters. The predicted molar refractivity (Wildman–Crippen MR) is 85.6 cm³/mol. The minimum atomic E-state index is -0.863. The van der Waals surface area contributed by atoms with Gasteiger partial charge in [-0.2, -0.15) is 5.10 Å². The molecule has 1 N–H and O–H groups in total. The molecular formula is C17H20F2N4O. The van der Waals surface area contributed by atoms with E-state index in [4.69, 9.17) is 0 Å². The third-order valence-corrected chi connectivity index (χ3v) is 4.35. The van der Waals surface area contributed by atoms with Gasteiger partial charge in [0.15, 0.2) is 11.6 Å². The largest absolute Gasteiger partial charge is 0.338 e. The molecule has 0 bridgehead atoms. The molecule has 2 aromatic rings. The van der Waals surface area contributed by atoms with Gasteiger partial charge in [0, 0.05) is 38.8 Å². The highest BCUT2D eigenvalue weighted by Crippen LogP contribution is 2.26. The van der Waals surface area contributed by atoms with Gasteiger partial charge in [-0.25, -0.2) is 13.6 Å². The van der Waals surface area contributed by atoms with E-state index in [2.05, 4.69) is 10.4 Å². The molecule has 0 saturated carbocycles. The molecule has 24 heavy (non-hydrogen) atoms. The lowest BCUT2D eigenvalue weighted by atomic mass is 10.0. The molecule has 3 rings (SSSR count). The summed E-state index contributed by atoms with van der Waals surface area (Å²) < 4.78 is 27.8. The number of nitrogens with zero attached hydrogens (tertiary/aromatic N) is 3. The van der Waals surface area contributed by atoms with Crippen molar-refractivity contribution in [2.75, 3.05) is 19.6 Å². The summed E-state index contributed by atoms with van der Waals surface area (Å²) >= 11 is 0. The Morgan fingerprint density at radius 2 is 2.21 bits per heavy atom. The first-order chi connectivity index (χ1) is 11.5. The fraction of sp³-hybridized carbons (Fsp3) is 0.412. The first kappa shape index (κ1) is 16.4. The fourth-order valence-electron chi connectivity index (χ4n) is 2.99. The van der Waals surface area contributed by atoms with Crippen molar-refractivity contribution in [1.29, 1.82) is 0 Å². The number of benzene rings is 1. The van der Waals surface area contributed by atoms with Gasteiger partial charge in [-0.05, 0) is 36.1 Å². The summed E-state index contributed by atoms with van der Waals surface area (Å²) in [5, 5.41) is 7.00. The number of hydrogen-bond donors (Lipinski definition) is 1. The van der Waals surface area contributed by atoms with Gasteiger partial charge < -0.3 is 10.2 Å². The van der Waals surface area contributed by atoms with Gasteiger partial charge in [-0.3, -0.25) is 4.68 Å². The number of rotatable bonds is 4. The van der Waals surface area contributed by atoms with Crippen LogP contribution in [0.5, 0.6) is 0 Å². The van der Waals surface area contributed by atoms with Crippen molar-refractivity contribution in [1.82, 2.24) is 20.0 Å². The van der Waals surface area contributed by atoms with Crippen molar-refractivity contribution >= 4 is 6.03 Å². The second-order valence-electron chi connectivity index (χ2n) is 6.11. The topological polar surface area (TPSA) is 50.2 Å². The molecule has 2 heterocycles. The van der Waals surface area contributed by atoms with Crippen LogP contribution in [0.4, 0.5) is 13.6 Å². The fourth-order valence-corrected chi connectivity index (χ4v) is 2.99. The minimum absolute atomic E-state index is 0.121. The first-order valence-corrected chi connectivity index (χ1v) is 7.98. The highest BCUT2D eigenvalue weighted by Gasteiger charge is 2.27. The Bertz CT molecular complexity index is 731. The number of urea groups is 1. The van der Waals surface area contributed by atoms with E-state index in [0.717, 1.165) is 24.1 Å². The van der Waals surface area contributed by atoms with E-state index in [1.807, 2.05) is 19.4 Å². The van der Waals surface area contributed by atoms with Crippen molar-refractivity contribution < 1.29 is 13.6 Å². The quantitative estimate of drug-likeness (QED) is 0.934. The summed E-state index contributed by atoms with van der Waals surface area (Å²) in [5.74, 6) is -1.41. The molecule has 2 amide bonds. The summed E-state index contributed by atoms with van der Waals surface area (Å²) in [5.41, 5.74) is 1.80. The summed E-state index contributed by atoms with van der Waals surface area (Å²) in [6.07, 6.45) is 5.20. The zero-order valence-corrected chi connectivity index (χ0v) is 13.5. The van der Waals surface area contributed by atoms with Crippen LogP contribution in [0.3, 0.4) is 0 Å². The minimum Gasteiger partial charge on any atom is -0.338 e.